The molecule has 1 heterocycles. The molecular formula is C28H29N3O2S. The molecule has 4 rings (SSSR count). The van der Waals surface area contributed by atoms with E-state index < -0.39 is 0 Å². The van der Waals surface area contributed by atoms with Gasteiger partial charge in [0, 0.05) is 16.8 Å². The Hall–Kier alpha value is -3.38. The summed E-state index contributed by atoms with van der Waals surface area (Å²) in [7, 11) is 1.61. The summed E-state index contributed by atoms with van der Waals surface area (Å²) in [4.78, 5) is 12.8. The number of aromatic nitrogens is 3. The van der Waals surface area contributed by atoms with Crippen LogP contribution >= 0.6 is 11.8 Å². The molecule has 0 N–H and O–H groups in total. The van der Waals surface area contributed by atoms with Crippen molar-refractivity contribution in [3.8, 4) is 22.8 Å². The van der Waals surface area contributed by atoms with Crippen LogP contribution in [0, 0.1) is 6.92 Å². The van der Waals surface area contributed by atoms with Crippen molar-refractivity contribution in [2.75, 3.05) is 12.9 Å². The van der Waals surface area contributed by atoms with Gasteiger partial charge in [-0.3, -0.25) is 9.36 Å². The number of ketones is 1. The Kier molecular flexibility index (Phi) is 6.89. The topological polar surface area (TPSA) is 57.0 Å². The highest BCUT2D eigenvalue weighted by Gasteiger charge is 2.19. The third-order valence-electron chi connectivity index (χ3n) is 5.68. The summed E-state index contributed by atoms with van der Waals surface area (Å²) in [6.07, 6.45) is 0. The van der Waals surface area contributed by atoms with Gasteiger partial charge < -0.3 is 4.74 Å². The van der Waals surface area contributed by atoms with E-state index in [4.69, 9.17) is 4.74 Å². The SMILES string of the molecule is COc1ccc(C(=O)CSc2nnc(-c3ccc(C(C)(C)C)cc3)n2-c2ccc(C)cc2)cc1. The fourth-order valence-electron chi connectivity index (χ4n) is 3.59. The van der Waals surface area contributed by atoms with Crippen molar-refractivity contribution in [3.63, 3.8) is 0 Å². The number of hydrogen-bond donors (Lipinski definition) is 0. The highest BCUT2D eigenvalue weighted by Crippen LogP contribution is 2.30. The average molecular weight is 472 g/mol. The van der Waals surface area contributed by atoms with Gasteiger partial charge in [0.1, 0.15) is 5.75 Å². The monoisotopic (exact) mass is 471 g/mol. The van der Waals surface area contributed by atoms with Crippen LogP contribution in [0.4, 0.5) is 0 Å². The molecule has 4 aromatic rings. The first-order valence-electron chi connectivity index (χ1n) is 11.2. The molecule has 0 unspecified atom stereocenters. The van der Waals surface area contributed by atoms with Gasteiger partial charge in [-0.05, 0) is 54.3 Å². The Morgan fingerprint density at radius 1 is 0.912 bits per heavy atom. The first-order chi connectivity index (χ1) is 16.3. The number of Topliss-reactive ketones (excluding diaryl/α,β-unsaturated/α-hetero) is 1. The van der Waals surface area contributed by atoms with E-state index in [1.54, 1.807) is 31.4 Å². The molecule has 5 nitrogen and oxygen atoms in total. The molecular weight excluding hydrogens is 442 g/mol. The van der Waals surface area contributed by atoms with Crippen molar-refractivity contribution in [2.24, 2.45) is 0 Å². The fourth-order valence-corrected chi connectivity index (χ4v) is 4.43. The lowest BCUT2D eigenvalue weighted by Crippen LogP contribution is -2.10. The number of rotatable bonds is 7. The molecule has 0 fully saturated rings. The lowest BCUT2D eigenvalue weighted by Gasteiger charge is -2.19. The summed E-state index contributed by atoms with van der Waals surface area (Å²) in [5, 5.41) is 9.66. The van der Waals surface area contributed by atoms with Crippen LogP contribution in [0.3, 0.4) is 0 Å². The number of methoxy groups -OCH3 is 1. The van der Waals surface area contributed by atoms with Crippen LogP contribution in [0.1, 0.15) is 42.3 Å². The minimum atomic E-state index is 0.0298. The van der Waals surface area contributed by atoms with Crippen LogP contribution in [0.25, 0.3) is 17.1 Å². The van der Waals surface area contributed by atoms with Crippen molar-refractivity contribution in [1.29, 1.82) is 0 Å². The molecule has 174 valence electrons. The molecule has 0 spiro atoms. The van der Waals surface area contributed by atoms with Gasteiger partial charge in [-0.25, -0.2) is 0 Å². The maximum Gasteiger partial charge on any atom is 0.196 e. The number of thioether (sulfide) groups is 1. The molecule has 0 amide bonds. The van der Waals surface area contributed by atoms with E-state index in [-0.39, 0.29) is 17.0 Å². The third kappa shape index (κ3) is 5.23. The van der Waals surface area contributed by atoms with Crippen LogP contribution in [0.5, 0.6) is 5.75 Å². The second kappa shape index (κ2) is 9.85. The molecule has 1 aromatic heterocycles. The van der Waals surface area contributed by atoms with Crippen LogP contribution in [-0.2, 0) is 5.41 Å². The summed E-state index contributed by atoms with van der Waals surface area (Å²) in [5.41, 5.74) is 5.10. The van der Waals surface area contributed by atoms with Gasteiger partial charge in [-0.15, -0.1) is 10.2 Å². The molecule has 3 aromatic carbocycles. The van der Waals surface area contributed by atoms with Crippen molar-refractivity contribution in [2.45, 2.75) is 38.3 Å². The summed E-state index contributed by atoms with van der Waals surface area (Å²) in [6.45, 7) is 8.66. The summed E-state index contributed by atoms with van der Waals surface area (Å²) < 4.78 is 7.21. The third-order valence-corrected chi connectivity index (χ3v) is 6.61. The number of carbonyl (C=O) groups is 1. The van der Waals surface area contributed by atoms with E-state index in [1.807, 2.05) is 4.57 Å². The largest absolute Gasteiger partial charge is 0.497 e. The zero-order chi connectivity index (χ0) is 24.3. The second-order valence-electron chi connectivity index (χ2n) is 9.24. The van der Waals surface area contributed by atoms with Crippen molar-refractivity contribution in [3.05, 3.63) is 89.5 Å². The molecule has 0 saturated heterocycles. The van der Waals surface area contributed by atoms with Crippen LogP contribution in [-0.4, -0.2) is 33.4 Å². The van der Waals surface area contributed by atoms with Crippen LogP contribution in [0.2, 0.25) is 0 Å². The normalized spacial score (nSPS) is 11.4. The van der Waals surface area contributed by atoms with Gasteiger partial charge >= 0.3 is 0 Å². The molecule has 0 atom stereocenters. The lowest BCUT2D eigenvalue weighted by molar-refractivity contribution is 0.102. The van der Waals surface area contributed by atoms with E-state index in [0.717, 1.165) is 22.8 Å². The summed E-state index contributed by atoms with van der Waals surface area (Å²) in [5.74, 6) is 1.77. The maximum absolute atomic E-state index is 12.8. The highest BCUT2D eigenvalue weighted by molar-refractivity contribution is 7.99. The lowest BCUT2D eigenvalue weighted by atomic mass is 9.87. The fraction of sp³-hybridized carbons (Fsp3) is 0.250. The number of benzene rings is 3. The van der Waals surface area contributed by atoms with Gasteiger partial charge in [0.25, 0.3) is 0 Å². The summed E-state index contributed by atoms with van der Waals surface area (Å²) in [6, 6.07) is 23.9. The number of ether oxygens (including phenoxy) is 1. The minimum Gasteiger partial charge on any atom is -0.497 e. The molecule has 0 aliphatic heterocycles. The van der Waals surface area contributed by atoms with Gasteiger partial charge in [0.15, 0.2) is 16.8 Å². The molecule has 0 aliphatic carbocycles. The number of aryl methyl sites for hydroxylation is 1. The van der Waals surface area contributed by atoms with E-state index in [9.17, 15) is 4.79 Å². The molecule has 6 heteroatoms. The van der Waals surface area contributed by atoms with Crippen LogP contribution < -0.4 is 4.74 Å². The zero-order valence-corrected chi connectivity index (χ0v) is 21.0. The number of carbonyl (C=O) groups excluding carboxylic acids is 1. The minimum absolute atomic E-state index is 0.0298. The molecule has 0 bridgehead atoms. The van der Waals surface area contributed by atoms with E-state index in [1.165, 1.54) is 22.9 Å². The Morgan fingerprint density at radius 2 is 1.56 bits per heavy atom. The Labute approximate surface area is 205 Å². The van der Waals surface area contributed by atoms with Crippen molar-refractivity contribution in [1.82, 2.24) is 14.8 Å². The molecule has 0 saturated carbocycles. The standard InChI is InChI=1S/C28H29N3O2S/c1-19-6-14-23(15-7-19)31-26(21-8-12-22(13-9-21)28(2,3)4)29-30-27(31)34-18-25(32)20-10-16-24(33-5)17-11-20/h6-17H,18H2,1-5H3. The number of nitrogens with zero attached hydrogens (tertiary/aromatic N) is 3. The maximum atomic E-state index is 12.8. The molecule has 34 heavy (non-hydrogen) atoms. The van der Waals surface area contributed by atoms with Gasteiger partial charge in [0.2, 0.25) is 0 Å². The van der Waals surface area contributed by atoms with E-state index in [2.05, 4.69) is 86.4 Å². The van der Waals surface area contributed by atoms with E-state index >= 15 is 0 Å². The Bertz CT molecular complexity index is 1270. The Balaban J connectivity index is 1.65. The first-order valence-corrected chi connectivity index (χ1v) is 12.2. The first kappa shape index (κ1) is 23.8. The van der Waals surface area contributed by atoms with Gasteiger partial charge in [-0.2, -0.15) is 0 Å². The number of hydrogen-bond acceptors (Lipinski definition) is 5. The molecule has 0 aliphatic rings. The quantitative estimate of drug-likeness (QED) is 0.227. The van der Waals surface area contributed by atoms with Crippen molar-refractivity contribution < 1.29 is 9.53 Å². The molecule has 0 radical (unpaired) electrons. The summed E-state index contributed by atoms with van der Waals surface area (Å²) >= 11 is 1.39. The smallest absolute Gasteiger partial charge is 0.196 e. The Morgan fingerprint density at radius 3 is 2.15 bits per heavy atom. The average Bonchev–Trinajstić information content (AvgIpc) is 3.26. The second-order valence-corrected chi connectivity index (χ2v) is 10.2. The van der Waals surface area contributed by atoms with E-state index in [0.29, 0.717) is 10.7 Å². The predicted octanol–water partition coefficient (Wildman–Crippen LogP) is 6.52. The predicted molar refractivity (Wildman–Crippen MR) is 138 cm³/mol. The zero-order valence-electron chi connectivity index (χ0n) is 20.2. The van der Waals surface area contributed by atoms with Crippen LogP contribution in [0.15, 0.2) is 78.0 Å². The van der Waals surface area contributed by atoms with Gasteiger partial charge in [0.05, 0.1) is 12.9 Å². The van der Waals surface area contributed by atoms with Gasteiger partial charge in [-0.1, -0.05) is 74.5 Å². The van der Waals surface area contributed by atoms with Crippen molar-refractivity contribution >= 4 is 17.5 Å². The highest BCUT2D eigenvalue weighted by atomic mass is 32.2.